The monoisotopic (exact) mass is 367 g/mol. The van der Waals surface area contributed by atoms with E-state index in [1.807, 2.05) is 35.6 Å². The zero-order valence-electron chi connectivity index (χ0n) is 15.9. The van der Waals surface area contributed by atoms with Gasteiger partial charge in [-0.1, -0.05) is 12.8 Å². The van der Waals surface area contributed by atoms with Gasteiger partial charge in [0.15, 0.2) is 11.5 Å². The molecule has 1 aliphatic heterocycles. The summed E-state index contributed by atoms with van der Waals surface area (Å²) in [6.45, 7) is 5.83. The summed E-state index contributed by atoms with van der Waals surface area (Å²) in [5, 5.41) is 17.0. The van der Waals surface area contributed by atoms with Crippen molar-refractivity contribution in [3.05, 3.63) is 35.4 Å². The van der Waals surface area contributed by atoms with Crippen molar-refractivity contribution >= 4 is 11.6 Å². The predicted octanol–water partition coefficient (Wildman–Crippen LogP) is 2.26. The molecule has 3 aromatic rings. The van der Waals surface area contributed by atoms with Gasteiger partial charge in [-0.05, 0) is 50.8 Å². The highest BCUT2D eigenvalue weighted by molar-refractivity contribution is 5.76. The van der Waals surface area contributed by atoms with Gasteiger partial charge in [-0.15, -0.1) is 15.3 Å². The molecular formula is C19H25N7O. The molecule has 0 N–H and O–H groups in total. The number of aryl methyl sites for hydroxylation is 1. The minimum absolute atomic E-state index is 0.257. The molecule has 0 bridgehead atoms. The molecule has 142 valence electrons. The second kappa shape index (κ2) is 7.46. The van der Waals surface area contributed by atoms with Crippen molar-refractivity contribution in [3.63, 3.8) is 0 Å². The Morgan fingerprint density at radius 2 is 1.85 bits per heavy atom. The number of rotatable bonds is 4. The Bertz CT molecular complexity index is 950. The molecule has 1 saturated heterocycles. The molecule has 3 aromatic heterocycles. The SMILES string of the molecule is Cc1nn(-c2ccc3nncn3n2)c(C)c1CCC(=O)N1CCCCCC1. The van der Waals surface area contributed by atoms with E-state index in [1.165, 1.54) is 12.8 Å². The number of hydrogen-bond donors (Lipinski definition) is 0. The molecule has 0 saturated carbocycles. The maximum absolute atomic E-state index is 12.6. The van der Waals surface area contributed by atoms with Gasteiger partial charge in [0.1, 0.15) is 6.33 Å². The molecule has 8 heteroatoms. The van der Waals surface area contributed by atoms with Crippen LogP contribution >= 0.6 is 0 Å². The Balaban J connectivity index is 1.51. The average molecular weight is 367 g/mol. The molecule has 0 unspecified atom stereocenters. The normalized spacial score (nSPS) is 15.3. The molecule has 1 aliphatic rings. The van der Waals surface area contributed by atoms with Crippen molar-refractivity contribution in [1.82, 2.24) is 34.5 Å². The molecule has 1 fully saturated rings. The van der Waals surface area contributed by atoms with Gasteiger partial charge in [-0.25, -0.2) is 4.68 Å². The molecule has 1 amide bonds. The van der Waals surface area contributed by atoms with E-state index in [2.05, 4.69) is 20.4 Å². The summed E-state index contributed by atoms with van der Waals surface area (Å²) in [5.74, 6) is 0.973. The molecule has 0 aliphatic carbocycles. The van der Waals surface area contributed by atoms with E-state index in [1.54, 1.807) is 10.8 Å². The third-order valence-corrected chi connectivity index (χ3v) is 5.35. The van der Waals surface area contributed by atoms with E-state index in [-0.39, 0.29) is 5.91 Å². The maximum atomic E-state index is 12.6. The van der Waals surface area contributed by atoms with Crippen molar-refractivity contribution in [2.24, 2.45) is 0 Å². The number of carbonyl (C=O) groups excluding carboxylic acids is 1. The number of carbonyl (C=O) groups is 1. The molecule has 0 radical (unpaired) electrons. The molecule has 4 rings (SSSR count). The van der Waals surface area contributed by atoms with E-state index >= 15 is 0 Å². The van der Waals surface area contributed by atoms with Crippen LogP contribution in [0.1, 0.15) is 49.1 Å². The van der Waals surface area contributed by atoms with Gasteiger partial charge >= 0.3 is 0 Å². The van der Waals surface area contributed by atoms with E-state index in [9.17, 15) is 4.79 Å². The zero-order valence-corrected chi connectivity index (χ0v) is 15.9. The van der Waals surface area contributed by atoms with Gasteiger partial charge in [0.05, 0.1) is 5.69 Å². The van der Waals surface area contributed by atoms with Crippen LogP contribution in [-0.2, 0) is 11.2 Å². The largest absolute Gasteiger partial charge is 0.343 e. The standard InChI is InChI=1S/C19H25N7O/c1-14-16(7-10-19(27)24-11-5-3-4-6-12-24)15(2)26(22-14)18-9-8-17-21-20-13-25(17)23-18/h8-9,13H,3-7,10-12H2,1-2H3. The lowest BCUT2D eigenvalue weighted by Gasteiger charge is -2.20. The van der Waals surface area contributed by atoms with Crippen molar-refractivity contribution in [3.8, 4) is 5.82 Å². The first kappa shape index (κ1) is 17.6. The topological polar surface area (TPSA) is 81.2 Å². The number of amides is 1. The molecule has 0 spiro atoms. The fraction of sp³-hybridized carbons (Fsp3) is 0.526. The second-order valence-corrected chi connectivity index (χ2v) is 7.18. The fourth-order valence-corrected chi connectivity index (χ4v) is 3.80. The number of likely N-dealkylation sites (tertiary alicyclic amines) is 1. The van der Waals surface area contributed by atoms with E-state index < -0.39 is 0 Å². The molecule has 0 aromatic carbocycles. The van der Waals surface area contributed by atoms with Crippen LogP contribution in [0.15, 0.2) is 18.5 Å². The summed E-state index contributed by atoms with van der Waals surface area (Å²) in [6.07, 6.45) is 7.54. The average Bonchev–Trinajstić information content (AvgIpc) is 3.12. The van der Waals surface area contributed by atoms with Gasteiger partial charge in [0, 0.05) is 25.2 Å². The highest BCUT2D eigenvalue weighted by Crippen LogP contribution is 2.19. The first-order chi connectivity index (χ1) is 13.1. The Labute approximate surface area is 158 Å². The number of hydrogen-bond acceptors (Lipinski definition) is 5. The van der Waals surface area contributed by atoms with Gasteiger partial charge in [-0.2, -0.15) is 9.61 Å². The van der Waals surface area contributed by atoms with Crippen LogP contribution in [0.5, 0.6) is 0 Å². The van der Waals surface area contributed by atoms with Crippen LogP contribution in [0, 0.1) is 13.8 Å². The van der Waals surface area contributed by atoms with Gasteiger partial charge < -0.3 is 4.90 Å². The lowest BCUT2D eigenvalue weighted by Crippen LogP contribution is -2.32. The highest BCUT2D eigenvalue weighted by atomic mass is 16.2. The first-order valence-electron chi connectivity index (χ1n) is 9.64. The Hall–Kier alpha value is -2.77. The Morgan fingerprint density at radius 1 is 1.07 bits per heavy atom. The van der Waals surface area contributed by atoms with E-state index in [0.717, 1.165) is 42.9 Å². The van der Waals surface area contributed by atoms with Gasteiger partial charge in [0.25, 0.3) is 0 Å². The van der Waals surface area contributed by atoms with E-state index in [0.29, 0.717) is 24.3 Å². The summed E-state index contributed by atoms with van der Waals surface area (Å²) >= 11 is 0. The molecule has 4 heterocycles. The van der Waals surface area contributed by atoms with Crippen LogP contribution in [0.4, 0.5) is 0 Å². The van der Waals surface area contributed by atoms with Gasteiger partial charge in [0.2, 0.25) is 5.91 Å². The van der Waals surface area contributed by atoms with Crippen LogP contribution < -0.4 is 0 Å². The molecular weight excluding hydrogens is 342 g/mol. The van der Waals surface area contributed by atoms with Crippen molar-refractivity contribution in [2.75, 3.05) is 13.1 Å². The Morgan fingerprint density at radius 3 is 2.63 bits per heavy atom. The quantitative estimate of drug-likeness (QED) is 0.706. The van der Waals surface area contributed by atoms with Crippen LogP contribution in [0.25, 0.3) is 11.5 Å². The fourth-order valence-electron chi connectivity index (χ4n) is 3.80. The van der Waals surface area contributed by atoms with Gasteiger partial charge in [-0.3, -0.25) is 4.79 Å². The predicted molar refractivity (Wildman–Crippen MR) is 101 cm³/mol. The summed E-state index contributed by atoms with van der Waals surface area (Å²) in [5.41, 5.74) is 3.80. The summed E-state index contributed by atoms with van der Waals surface area (Å²) in [6, 6.07) is 3.75. The smallest absolute Gasteiger partial charge is 0.222 e. The summed E-state index contributed by atoms with van der Waals surface area (Å²) < 4.78 is 3.47. The second-order valence-electron chi connectivity index (χ2n) is 7.18. The van der Waals surface area contributed by atoms with Crippen molar-refractivity contribution < 1.29 is 4.79 Å². The highest BCUT2D eigenvalue weighted by Gasteiger charge is 2.19. The van der Waals surface area contributed by atoms with Crippen LogP contribution in [0.3, 0.4) is 0 Å². The minimum atomic E-state index is 0.257. The summed E-state index contributed by atoms with van der Waals surface area (Å²) in [7, 11) is 0. The first-order valence-corrected chi connectivity index (χ1v) is 9.64. The lowest BCUT2D eigenvalue weighted by molar-refractivity contribution is -0.131. The van der Waals surface area contributed by atoms with Crippen LogP contribution in [0.2, 0.25) is 0 Å². The van der Waals surface area contributed by atoms with Crippen molar-refractivity contribution in [1.29, 1.82) is 0 Å². The third kappa shape index (κ3) is 3.56. The maximum Gasteiger partial charge on any atom is 0.222 e. The number of fused-ring (bicyclic) bond motifs is 1. The molecule has 27 heavy (non-hydrogen) atoms. The molecule has 8 nitrogen and oxygen atoms in total. The third-order valence-electron chi connectivity index (χ3n) is 5.35. The zero-order chi connectivity index (χ0) is 18.8. The summed E-state index contributed by atoms with van der Waals surface area (Å²) in [4.78, 5) is 14.6. The number of nitrogens with zero attached hydrogens (tertiary/aromatic N) is 7. The lowest BCUT2D eigenvalue weighted by atomic mass is 10.1. The Kier molecular flexibility index (Phi) is 4.87. The van der Waals surface area contributed by atoms with E-state index in [4.69, 9.17) is 0 Å². The van der Waals surface area contributed by atoms with Crippen molar-refractivity contribution in [2.45, 2.75) is 52.4 Å². The molecule has 0 atom stereocenters. The number of aromatic nitrogens is 6. The minimum Gasteiger partial charge on any atom is -0.343 e. The van der Waals surface area contributed by atoms with Crippen LogP contribution in [-0.4, -0.2) is 53.5 Å².